The van der Waals surface area contributed by atoms with Crippen LogP contribution in [0.3, 0.4) is 0 Å². The molecule has 19 heavy (non-hydrogen) atoms. The van der Waals surface area contributed by atoms with E-state index in [9.17, 15) is 9.90 Å². The van der Waals surface area contributed by atoms with Crippen LogP contribution in [0.15, 0.2) is 48.5 Å². The van der Waals surface area contributed by atoms with Gasteiger partial charge in [-0.05, 0) is 29.2 Å². The Morgan fingerprint density at radius 2 is 1.84 bits per heavy atom. The molecule has 0 aliphatic carbocycles. The predicted octanol–water partition coefficient (Wildman–Crippen LogP) is 2.13. The van der Waals surface area contributed by atoms with E-state index in [1.165, 1.54) is 0 Å². The van der Waals surface area contributed by atoms with Gasteiger partial charge in [-0.25, -0.2) is 0 Å². The Morgan fingerprint density at radius 1 is 1.11 bits per heavy atom. The quantitative estimate of drug-likeness (QED) is 0.879. The van der Waals surface area contributed by atoms with Crippen LogP contribution in [-0.4, -0.2) is 18.1 Å². The molecule has 3 heteroatoms. The van der Waals surface area contributed by atoms with Gasteiger partial charge in [-0.3, -0.25) is 4.79 Å². The van der Waals surface area contributed by atoms with Crippen molar-refractivity contribution in [2.24, 2.45) is 0 Å². The lowest BCUT2D eigenvalue weighted by atomic mass is 9.97. The second kappa shape index (κ2) is 6.16. The molecule has 0 aromatic heterocycles. The minimum Gasteiger partial charge on any atom is -0.392 e. The Balaban J connectivity index is 2.38. The van der Waals surface area contributed by atoms with Gasteiger partial charge in [-0.1, -0.05) is 42.5 Å². The van der Waals surface area contributed by atoms with Crippen molar-refractivity contribution in [1.82, 2.24) is 5.32 Å². The average Bonchev–Trinajstić information content (AvgIpc) is 2.47. The molecule has 0 radical (unpaired) electrons. The Hall–Kier alpha value is -2.13. The standard InChI is InChI=1S/C16H17NO2/c1-17-16(19)15-8-7-13(11-18)10-14(15)9-12-5-3-2-4-6-12/h2-8,10,18H,9,11H2,1H3,(H,17,19). The lowest BCUT2D eigenvalue weighted by molar-refractivity contribution is 0.0962. The molecule has 2 N–H and O–H groups in total. The predicted molar refractivity (Wildman–Crippen MR) is 75.0 cm³/mol. The van der Waals surface area contributed by atoms with Gasteiger partial charge in [-0.15, -0.1) is 0 Å². The fourth-order valence-corrected chi connectivity index (χ4v) is 2.06. The van der Waals surface area contributed by atoms with Gasteiger partial charge in [0.25, 0.3) is 5.91 Å². The van der Waals surface area contributed by atoms with Crippen molar-refractivity contribution in [3.63, 3.8) is 0 Å². The van der Waals surface area contributed by atoms with Crippen molar-refractivity contribution >= 4 is 5.91 Å². The number of hydrogen-bond donors (Lipinski definition) is 2. The molecule has 0 atom stereocenters. The van der Waals surface area contributed by atoms with E-state index >= 15 is 0 Å². The van der Waals surface area contributed by atoms with Gasteiger partial charge in [0.1, 0.15) is 0 Å². The molecule has 0 aliphatic heterocycles. The molecule has 0 saturated heterocycles. The summed E-state index contributed by atoms with van der Waals surface area (Å²) in [5, 5.41) is 11.9. The minimum atomic E-state index is -0.101. The molecule has 2 aromatic carbocycles. The molecule has 0 saturated carbocycles. The Labute approximate surface area is 112 Å². The summed E-state index contributed by atoms with van der Waals surface area (Å²) in [4.78, 5) is 11.9. The number of amides is 1. The van der Waals surface area contributed by atoms with Gasteiger partial charge in [0.05, 0.1) is 6.61 Å². The molecule has 3 nitrogen and oxygen atoms in total. The maximum atomic E-state index is 11.9. The third kappa shape index (κ3) is 3.20. The lowest BCUT2D eigenvalue weighted by Crippen LogP contribution is -2.19. The van der Waals surface area contributed by atoms with Crippen LogP contribution in [0.1, 0.15) is 27.0 Å². The first kappa shape index (κ1) is 13.3. The fourth-order valence-electron chi connectivity index (χ4n) is 2.06. The van der Waals surface area contributed by atoms with Crippen molar-refractivity contribution in [3.8, 4) is 0 Å². The number of carbonyl (C=O) groups is 1. The van der Waals surface area contributed by atoms with Gasteiger partial charge in [-0.2, -0.15) is 0 Å². The Bertz CT molecular complexity index is 564. The maximum Gasteiger partial charge on any atom is 0.251 e. The highest BCUT2D eigenvalue weighted by molar-refractivity contribution is 5.95. The molecule has 0 fully saturated rings. The molecular formula is C16H17NO2. The molecule has 0 aliphatic rings. The highest BCUT2D eigenvalue weighted by Gasteiger charge is 2.11. The van der Waals surface area contributed by atoms with E-state index in [-0.39, 0.29) is 12.5 Å². The van der Waals surface area contributed by atoms with Gasteiger partial charge < -0.3 is 10.4 Å². The molecule has 0 spiro atoms. The van der Waals surface area contributed by atoms with Crippen LogP contribution in [0, 0.1) is 0 Å². The molecule has 2 rings (SSSR count). The smallest absolute Gasteiger partial charge is 0.251 e. The normalized spacial score (nSPS) is 10.2. The third-order valence-electron chi connectivity index (χ3n) is 3.06. The first-order valence-electron chi connectivity index (χ1n) is 6.23. The van der Waals surface area contributed by atoms with E-state index in [2.05, 4.69) is 5.32 Å². The summed E-state index contributed by atoms with van der Waals surface area (Å²) in [6, 6.07) is 15.4. The van der Waals surface area contributed by atoms with Crippen LogP contribution in [0.4, 0.5) is 0 Å². The maximum absolute atomic E-state index is 11.9. The summed E-state index contributed by atoms with van der Waals surface area (Å²) in [6.07, 6.45) is 0.678. The van der Waals surface area contributed by atoms with Gasteiger partial charge >= 0.3 is 0 Å². The van der Waals surface area contributed by atoms with Gasteiger partial charge in [0.15, 0.2) is 0 Å². The molecule has 2 aromatic rings. The number of nitrogens with one attached hydrogen (secondary N) is 1. The van der Waals surface area contributed by atoms with E-state index in [0.717, 1.165) is 16.7 Å². The molecule has 0 unspecified atom stereocenters. The summed E-state index contributed by atoms with van der Waals surface area (Å²) >= 11 is 0. The zero-order chi connectivity index (χ0) is 13.7. The number of rotatable bonds is 4. The van der Waals surface area contributed by atoms with Crippen LogP contribution >= 0.6 is 0 Å². The summed E-state index contributed by atoms with van der Waals surface area (Å²) in [7, 11) is 1.62. The minimum absolute atomic E-state index is 0.0180. The first-order valence-corrected chi connectivity index (χ1v) is 6.23. The number of aliphatic hydroxyl groups excluding tert-OH is 1. The summed E-state index contributed by atoms with van der Waals surface area (Å²) in [5.41, 5.74) is 3.54. The highest BCUT2D eigenvalue weighted by atomic mass is 16.3. The zero-order valence-electron chi connectivity index (χ0n) is 10.9. The zero-order valence-corrected chi connectivity index (χ0v) is 10.9. The fraction of sp³-hybridized carbons (Fsp3) is 0.188. The number of hydrogen-bond acceptors (Lipinski definition) is 2. The topological polar surface area (TPSA) is 49.3 Å². The van der Waals surface area contributed by atoms with E-state index in [0.29, 0.717) is 12.0 Å². The van der Waals surface area contributed by atoms with Crippen LogP contribution in [0.2, 0.25) is 0 Å². The van der Waals surface area contributed by atoms with E-state index in [1.807, 2.05) is 36.4 Å². The largest absolute Gasteiger partial charge is 0.392 e. The Morgan fingerprint density at radius 3 is 2.47 bits per heavy atom. The van der Waals surface area contributed by atoms with Gasteiger partial charge in [0.2, 0.25) is 0 Å². The van der Waals surface area contributed by atoms with E-state index in [4.69, 9.17) is 0 Å². The van der Waals surface area contributed by atoms with E-state index < -0.39 is 0 Å². The van der Waals surface area contributed by atoms with Crippen LogP contribution in [-0.2, 0) is 13.0 Å². The first-order chi connectivity index (χ1) is 9.24. The monoisotopic (exact) mass is 255 g/mol. The number of aliphatic hydroxyl groups is 1. The van der Waals surface area contributed by atoms with Crippen LogP contribution in [0.25, 0.3) is 0 Å². The van der Waals surface area contributed by atoms with Crippen molar-refractivity contribution in [2.75, 3.05) is 7.05 Å². The highest BCUT2D eigenvalue weighted by Crippen LogP contribution is 2.17. The number of benzene rings is 2. The third-order valence-corrected chi connectivity index (χ3v) is 3.06. The van der Waals surface area contributed by atoms with Crippen molar-refractivity contribution < 1.29 is 9.90 Å². The SMILES string of the molecule is CNC(=O)c1ccc(CO)cc1Cc1ccccc1. The summed E-state index contributed by atoms with van der Waals surface area (Å²) in [5.74, 6) is -0.101. The van der Waals surface area contributed by atoms with Crippen LogP contribution in [0.5, 0.6) is 0 Å². The second-order valence-corrected chi connectivity index (χ2v) is 4.39. The van der Waals surface area contributed by atoms with Crippen molar-refractivity contribution in [3.05, 3.63) is 70.8 Å². The molecular weight excluding hydrogens is 238 g/mol. The summed E-state index contributed by atoms with van der Waals surface area (Å²) < 4.78 is 0. The molecule has 0 bridgehead atoms. The number of carbonyl (C=O) groups excluding carboxylic acids is 1. The average molecular weight is 255 g/mol. The van der Waals surface area contributed by atoms with E-state index in [1.54, 1.807) is 19.2 Å². The van der Waals surface area contributed by atoms with Gasteiger partial charge in [0, 0.05) is 12.6 Å². The molecule has 0 heterocycles. The Kier molecular flexibility index (Phi) is 4.31. The molecule has 1 amide bonds. The second-order valence-electron chi connectivity index (χ2n) is 4.39. The summed E-state index contributed by atoms with van der Waals surface area (Å²) in [6.45, 7) is -0.0180. The lowest BCUT2D eigenvalue weighted by Gasteiger charge is -2.10. The van der Waals surface area contributed by atoms with Crippen molar-refractivity contribution in [2.45, 2.75) is 13.0 Å². The van der Waals surface area contributed by atoms with Crippen LogP contribution < -0.4 is 5.32 Å². The van der Waals surface area contributed by atoms with Crippen molar-refractivity contribution in [1.29, 1.82) is 0 Å². The molecule has 98 valence electrons.